The monoisotopic (exact) mass is 462 g/mol. The number of hydrogen-bond acceptors (Lipinski definition) is 4. The van der Waals surface area contributed by atoms with Crippen LogP contribution in [0.5, 0.6) is 5.75 Å². The average Bonchev–Trinajstić information content (AvgIpc) is 3.35. The van der Waals surface area contributed by atoms with Crippen molar-refractivity contribution in [2.24, 2.45) is 11.8 Å². The van der Waals surface area contributed by atoms with Crippen molar-refractivity contribution >= 4 is 33.2 Å². The number of carbonyl (C=O) groups is 1. The molecule has 4 rings (SSSR count). The van der Waals surface area contributed by atoms with Gasteiger partial charge in [0, 0.05) is 6.04 Å². The van der Waals surface area contributed by atoms with Gasteiger partial charge in [0.15, 0.2) is 0 Å². The maximum Gasteiger partial charge on any atom is 0.264 e. The summed E-state index contributed by atoms with van der Waals surface area (Å²) in [6, 6.07) is 11.4. The van der Waals surface area contributed by atoms with E-state index in [1.54, 1.807) is 36.4 Å². The number of sulfonamides is 1. The van der Waals surface area contributed by atoms with Gasteiger partial charge in [-0.05, 0) is 68.4 Å². The van der Waals surface area contributed by atoms with Gasteiger partial charge in [-0.1, -0.05) is 35.7 Å². The zero-order valence-electron chi connectivity index (χ0n) is 17.7. The number of benzene rings is 2. The molecule has 0 spiro atoms. The van der Waals surface area contributed by atoms with Gasteiger partial charge in [0.05, 0.1) is 22.7 Å². The van der Waals surface area contributed by atoms with Crippen LogP contribution in [-0.4, -0.2) is 34.0 Å². The minimum Gasteiger partial charge on any atom is -0.495 e. The SMILES string of the molecule is COc1ccc(N(CC(=O)N[C@@H]2C[C@H]3CC[C@H]2C3)S(=O)(=O)c2ccc(C)cc2)cc1Cl. The highest BCUT2D eigenvalue weighted by atomic mass is 35.5. The molecule has 2 saturated carbocycles. The number of amides is 1. The highest BCUT2D eigenvalue weighted by molar-refractivity contribution is 7.92. The van der Waals surface area contributed by atoms with Crippen molar-refractivity contribution in [3.63, 3.8) is 0 Å². The Morgan fingerprint density at radius 2 is 1.90 bits per heavy atom. The Morgan fingerprint density at radius 3 is 2.48 bits per heavy atom. The normalized spacial score (nSPS) is 22.4. The molecule has 6 nitrogen and oxygen atoms in total. The van der Waals surface area contributed by atoms with E-state index in [0.717, 1.165) is 29.1 Å². The lowest BCUT2D eigenvalue weighted by molar-refractivity contribution is -0.120. The molecule has 0 saturated heterocycles. The predicted octanol–water partition coefficient (Wildman–Crippen LogP) is 4.16. The van der Waals surface area contributed by atoms with Gasteiger partial charge in [0.1, 0.15) is 12.3 Å². The van der Waals surface area contributed by atoms with Crippen molar-refractivity contribution in [3.8, 4) is 5.75 Å². The van der Waals surface area contributed by atoms with E-state index in [1.807, 2.05) is 6.92 Å². The molecular formula is C23H27ClN2O4S. The minimum atomic E-state index is -3.97. The van der Waals surface area contributed by atoms with Gasteiger partial charge in [-0.15, -0.1) is 0 Å². The molecule has 2 aliphatic carbocycles. The molecule has 0 aliphatic heterocycles. The van der Waals surface area contributed by atoms with Crippen LogP contribution in [0.4, 0.5) is 5.69 Å². The maximum absolute atomic E-state index is 13.5. The molecule has 31 heavy (non-hydrogen) atoms. The largest absolute Gasteiger partial charge is 0.495 e. The number of nitrogens with one attached hydrogen (secondary N) is 1. The van der Waals surface area contributed by atoms with Gasteiger partial charge in [-0.25, -0.2) is 8.42 Å². The van der Waals surface area contributed by atoms with Crippen LogP contribution in [0.1, 0.15) is 31.2 Å². The molecule has 2 aliphatic rings. The fourth-order valence-corrected chi connectivity index (χ4v) is 6.43. The summed E-state index contributed by atoms with van der Waals surface area (Å²) in [5.41, 5.74) is 1.27. The van der Waals surface area contributed by atoms with Crippen molar-refractivity contribution in [1.29, 1.82) is 0 Å². The van der Waals surface area contributed by atoms with Crippen molar-refractivity contribution < 1.29 is 17.9 Å². The van der Waals surface area contributed by atoms with E-state index in [2.05, 4.69) is 5.32 Å². The number of hydrogen-bond donors (Lipinski definition) is 1. The zero-order valence-corrected chi connectivity index (χ0v) is 19.2. The van der Waals surface area contributed by atoms with Crippen LogP contribution in [0, 0.1) is 18.8 Å². The van der Waals surface area contributed by atoms with E-state index < -0.39 is 10.0 Å². The molecule has 0 heterocycles. The van der Waals surface area contributed by atoms with Crippen molar-refractivity contribution in [2.45, 2.75) is 43.5 Å². The minimum absolute atomic E-state index is 0.123. The predicted molar refractivity (Wildman–Crippen MR) is 121 cm³/mol. The standard InChI is InChI=1S/C23H27ClN2O4S/c1-15-3-8-19(9-4-15)31(28,29)26(18-7-10-22(30-2)20(24)13-18)14-23(27)25-21-12-16-5-6-17(21)11-16/h3-4,7-10,13,16-17,21H,5-6,11-12,14H2,1-2H3,(H,25,27)/t16-,17-,21+/m0/s1. The second-order valence-electron chi connectivity index (χ2n) is 8.49. The van der Waals surface area contributed by atoms with E-state index in [4.69, 9.17) is 16.3 Å². The topological polar surface area (TPSA) is 75.7 Å². The highest BCUT2D eigenvalue weighted by Gasteiger charge is 2.40. The van der Waals surface area contributed by atoms with Crippen molar-refractivity contribution in [1.82, 2.24) is 5.32 Å². The number of carbonyl (C=O) groups excluding carboxylic acids is 1. The Kier molecular flexibility index (Phi) is 6.17. The molecule has 8 heteroatoms. The first kappa shape index (κ1) is 22.0. The average molecular weight is 463 g/mol. The molecule has 1 amide bonds. The quantitative estimate of drug-likeness (QED) is 0.670. The van der Waals surface area contributed by atoms with Crippen LogP contribution in [0.3, 0.4) is 0 Å². The molecule has 166 valence electrons. The van der Waals surface area contributed by atoms with Crippen LogP contribution in [-0.2, 0) is 14.8 Å². The second kappa shape index (κ2) is 8.71. The molecule has 3 atom stereocenters. The molecule has 2 aromatic carbocycles. The van der Waals surface area contributed by atoms with Crippen LogP contribution in [0.25, 0.3) is 0 Å². The van der Waals surface area contributed by atoms with Crippen LogP contribution in [0.2, 0.25) is 5.02 Å². The molecule has 0 radical (unpaired) electrons. The van der Waals surface area contributed by atoms with E-state index in [9.17, 15) is 13.2 Å². The van der Waals surface area contributed by atoms with Crippen molar-refractivity contribution in [2.75, 3.05) is 18.0 Å². The third kappa shape index (κ3) is 4.53. The molecule has 2 bridgehead atoms. The zero-order chi connectivity index (χ0) is 22.2. The van der Waals surface area contributed by atoms with E-state index in [1.165, 1.54) is 19.6 Å². The summed E-state index contributed by atoms with van der Waals surface area (Å²) in [5.74, 6) is 1.32. The van der Waals surface area contributed by atoms with E-state index >= 15 is 0 Å². The number of ether oxygens (including phenoxy) is 1. The lowest BCUT2D eigenvalue weighted by atomic mass is 9.95. The summed E-state index contributed by atoms with van der Waals surface area (Å²) in [7, 11) is -2.48. The number of methoxy groups -OCH3 is 1. The Labute approximate surface area is 188 Å². The lowest BCUT2D eigenvalue weighted by Gasteiger charge is -2.27. The summed E-state index contributed by atoms with van der Waals surface area (Å²) in [5, 5.41) is 3.35. The fraction of sp³-hybridized carbons (Fsp3) is 0.435. The Hall–Kier alpha value is -2.25. The number of nitrogens with zero attached hydrogens (tertiary/aromatic N) is 1. The Morgan fingerprint density at radius 1 is 1.16 bits per heavy atom. The third-order valence-electron chi connectivity index (χ3n) is 6.40. The van der Waals surface area contributed by atoms with Crippen LogP contribution < -0.4 is 14.4 Å². The molecular weight excluding hydrogens is 436 g/mol. The van der Waals surface area contributed by atoms with Gasteiger partial charge in [-0.2, -0.15) is 0 Å². The smallest absolute Gasteiger partial charge is 0.264 e. The second-order valence-corrected chi connectivity index (χ2v) is 10.8. The summed E-state index contributed by atoms with van der Waals surface area (Å²) in [6.45, 7) is 1.58. The van der Waals surface area contributed by atoms with E-state index in [0.29, 0.717) is 23.3 Å². The summed E-state index contributed by atoms with van der Waals surface area (Å²) < 4.78 is 33.3. The number of anilines is 1. The van der Waals surface area contributed by atoms with Crippen LogP contribution in [0.15, 0.2) is 47.4 Å². The first-order chi connectivity index (χ1) is 14.8. The number of fused-ring (bicyclic) bond motifs is 2. The molecule has 1 N–H and O–H groups in total. The summed E-state index contributed by atoms with van der Waals surface area (Å²) in [4.78, 5) is 13.0. The Bertz CT molecular complexity index is 1070. The van der Waals surface area contributed by atoms with Gasteiger partial charge < -0.3 is 10.1 Å². The maximum atomic E-state index is 13.5. The van der Waals surface area contributed by atoms with Gasteiger partial charge in [0.2, 0.25) is 5.91 Å². The summed E-state index contributed by atoms with van der Waals surface area (Å²) in [6.07, 6.45) is 4.50. The molecule has 0 aromatic heterocycles. The van der Waals surface area contributed by atoms with Gasteiger partial charge >= 0.3 is 0 Å². The molecule has 0 unspecified atom stereocenters. The van der Waals surface area contributed by atoms with Crippen LogP contribution >= 0.6 is 11.6 Å². The fourth-order valence-electron chi connectivity index (χ4n) is 4.77. The van der Waals surface area contributed by atoms with Gasteiger partial charge in [-0.3, -0.25) is 9.10 Å². The number of aryl methyl sites for hydroxylation is 1. The first-order valence-corrected chi connectivity index (χ1v) is 12.3. The lowest BCUT2D eigenvalue weighted by Crippen LogP contribution is -2.46. The Balaban J connectivity index is 1.62. The highest BCUT2D eigenvalue weighted by Crippen LogP contribution is 2.44. The van der Waals surface area contributed by atoms with Crippen molar-refractivity contribution in [3.05, 3.63) is 53.1 Å². The third-order valence-corrected chi connectivity index (χ3v) is 8.49. The number of rotatable bonds is 7. The van der Waals surface area contributed by atoms with Gasteiger partial charge in [0.25, 0.3) is 10.0 Å². The molecule has 2 fully saturated rings. The molecule has 2 aromatic rings. The van der Waals surface area contributed by atoms with E-state index in [-0.39, 0.29) is 28.4 Å². The first-order valence-electron chi connectivity index (χ1n) is 10.5. The summed E-state index contributed by atoms with van der Waals surface area (Å²) >= 11 is 6.26. The number of halogens is 1.